The summed E-state index contributed by atoms with van der Waals surface area (Å²) in [4.78, 5) is 4.28. The summed E-state index contributed by atoms with van der Waals surface area (Å²) < 4.78 is 0.985. The predicted molar refractivity (Wildman–Crippen MR) is 60.5 cm³/mol. The summed E-state index contributed by atoms with van der Waals surface area (Å²) in [6.45, 7) is 0.864. The lowest BCUT2D eigenvalue weighted by molar-refractivity contribution is 0.915. The Balaban J connectivity index is 2.64. The van der Waals surface area contributed by atoms with Gasteiger partial charge < -0.3 is 9.80 Å². The quantitative estimate of drug-likeness (QED) is 0.708. The molecule has 0 N–H and O–H groups in total. The standard InChI is InChI=1S/C10H10BrN3/c1-13-6-14(2)10-8(11)3-7(5-12)4-9(10)13/h3-4H,6H2,1-2H3. The van der Waals surface area contributed by atoms with Crippen molar-refractivity contribution in [1.29, 1.82) is 5.26 Å². The Hall–Kier alpha value is -1.21. The molecule has 3 nitrogen and oxygen atoms in total. The van der Waals surface area contributed by atoms with E-state index in [1.54, 1.807) is 0 Å². The summed E-state index contributed by atoms with van der Waals surface area (Å²) in [5, 5.41) is 8.84. The second kappa shape index (κ2) is 3.18. The Morgan fingerprint density at radius 3 is 2.71 bits per heavy atom. The maximum Gasteiger partial charge on any atom is 0.0992 e. The minimum Gasteiger partial charge on any atom is -0.355 e. The van der Waals surface area contributed by atoms with Gasteiger partial charge in [0.1, 0.15) is 0 Å². The summed E-state index contributed by atoms with van der Waals surface area (Å²) >= 11 is 3.49. The molecule has 2 rings (SSSR count). The van der Waals surface area contributed by atoms with E-state index in [-0.39, 0.29) is 0 Å². The van der Waals surface area contributed by atoms with Crippen molar-refractivity contribution >= 4 is 27.3 Å². The molecule has 0 spiro atoms. The van der Waals surface area contributed by atoms with Crippen LogP contribution in [0.4, 0.5) is 11.4 Å². The Bertz CT molecular complexity index is 422. The van der Waals surface area contributed by atoms with Crippen LogP contribution in [0.2, 0.25) is 0 Å². The lowest BCUT2D eigenvalue weighted by Gasteiger charge is -2.12. The van der Waals surface area contributed by atoms with Crippen LogP contribution >= 0.6 is 15.9 Å². The molecule has 14 heavy (non-hydrogen) atoms. The fourth-order valence-electron chi connectivity index (χ4n) is 1.78. The number of benzene rings is 1. The maximum atomic E-state index is 8.84. The Morgan fingerprint density at radius 1 is 1.36 bits per heavy atom. The van der Waals surface area contributed by atoms with Crippen molar-refractivity contribution in [3.8, 4) is 6.07 Å². The first-order valence-corrected chi connectivity index (χ1v) is 5.08. The van der Waals surface area contributed by atoms with Crippen molar-refractivity contribution in [3.05, 3.63) is 22.2 Å². The van der Waals surface area contributed by atoms with E-state index in [1.165, 1.54) is 0 Å². The highest BCUT2D eigenvalue weighted by molar-refractivity contribution is 9.10. The largest absolute Gasteiger partial charge is 0.355 e. The van der Waals surface area contributed by atoms with Crippen LogP contribution in [0.25, 0.3) is 0 Å². The number of fused-ring (bicyclic) bond motifs is 1. The van der Waals surface area contributed by atoms with Gasteiger partial charge in [-0.05, 0) is 28.1 Å². The Labute approximate surface area is 91.7 Å². The first-order valence-electron chi connectivity index (χ1n) is 4.29. The fourth-order valence-corrected chi connectivity index (χ4v) is 2.54. The third-order valence-electron chi connectivity index (χ3n) is 2.39. The second-order valence-corrected chi connectivity index (χ2v) is 4.33. The van der Waals surface area contributed by atoms with Crippen molar-refractivity contribution in [2.45, 2.75) is 0 Å². The smallest absolute Gasteiger partial charge is 0.0992 e. The highest BCUT2D eigenvalue weighted by Crippen LogP contribution is 2.40. The monoisotopic (exact) mass is 251 g/mol. The molecule has 0 amide bonds. The molecule has 0 saturated carbocycles. The summed E-state index contributed by atoms with van der Waals surface area (Å²) in [6.07, 6.45) is 0. The summed E-state index contributed by atoms with van der Waals surface area (Å²) in [6, 6.07) is 5.93. The van der Waals surface area contributed by atoms with E-state index in [0.29, 0.717) is 5.56 Å². The van der Waals surface area contributed by atoms with Gasteiger partial charge in [0.05, 0.1) is 29.7 Å². The highest BCUT2D eigenvalue weighted by Gasteiger charge is 2.23. The van der Waals surface area contributed by atoms with Gasteiger partial charge in [0.25, 0.3) is 0 Å². The summed E-state index contributed by atoms with van der Waals surface area (Å²) in [7, 11) is 4.06. The van der Waals surface area contributed by atoms with Crippen LogP contribution < -0.4 is 9.80 Å². The third kappa shape index (κ3) is 1.25. The van der Waals surface area contributed by atoms with Crippen LogP contribution in [-0.2, 0) is 0 Å². The minimum atomic E-state index is 0.692. The average Bonchev–Trinajstić information content (AvgIpc) is 2.42. The molecule has 4 heteroatoms. The number of nitrogens with zero attached hydrogens (tertiary/aromatic N) is 3. The maximum absolute atomic E-state index is 8.84. The van der Waals surface area contributed by atoms with Gasteiger partial charge in [0.15, 0.2) is 0 Å². The molecule has 0 bridgehead atoms. The highest BCUT2D eigenvalue weighted by atomic mass is 79.9. The molecule has 0 radical (unpaired) electrons. The number of rotatable bonds is 0. The van der Waals surface area contributed by atoms with Gasteiger partial charge in [0.2, 0.25) is 0 Å². The van der Waals surface area contributed by atoms with Gasteiger partial charge in [-0.2, -0.15) is 5.26 Å². The fraction of sp³-hybridized carbons (Fsp3) is 0.300. The van der Waals surface area contributed by atoms with Crippen LogP contribution in [0.15, 0.2) is 16.6 Å². The van der Waals surface area contributed by atoms with Crippen LogP contribution in [-0.4, -0.2) is 20.8 Å². The zero-order chi connectivity index (χ0) is 10.3. The minimum absolute atomic E-state index is 0.692. The van der Waals surface area contributed by atoms with E-state index >= 15 is 0 Å². The molecule has 1 aromatic rings. The van der Waals surface area contributed by atoms with E-state index in [2.05, 4.69) is 31.8 Å². The van der Waals surface area contributed by atoms with Crippen molar-refractivity contribution in [2.75, 3.05) is 30.6 Å². The van der Waals surface area contributed by atoms with E-state index in [4.69, 9.17) is 5.26 Å². The topological polar surface area (TPSA) is 30.3 Å². The lowest BCUT2D eigenvalue weighted by atomic mass is 10.2. The normalized spacial score (nSPS) is 14.1. The van der Waals surface area contributed by atoms with Gasteiger partial charge in [-0.3, -0.25) is 0 Å². The van der Waals surface area contributed by atoms with Gasteiger partial charge >= 0.3 is 0 Å². The van der Waals surface area contributed by atoms with Crippen molar-refractivity contribution < 1.29 is 0 Å². The van der Waals surface area contributed by atoms with E-state index in [0.717, 1.165) is 22.5 Å². The molecule has 1 aromatic carbocycles. The molecule has 0 aliphatic carbocycles. The van der Waals surface area contributed by atoms with Crippen LogP contribution in [0.1, 0.15) is 5.56 Å². The molecule has 0 saturated heterocycles. The number of hydrogen-bond acceptors (Lipinski definition) is 3. The molecule has 1 aliphatic heterocycles. The molecule has 0 atom stereocenters. The zero-order valence-corrected chi connectivity index (χ0v) is 9.67. The molecule has 0 unspecified atom stereocenters. The van der Waals surface area contributed by atoms with Gasteiger partial charge in [-0.15, -0.1) is 0 Å². The number of anilines is 2. The third-order valence-corrected chi connectivity index (χ3v) is 2.99. The van der Waals surface area contributed by atoms with Crippen LogP contribution in [0.5, 0.6) is 0 Å². The van der Waals surface area contributed by atoms with Crippen molar-refractivity contribution in [3.63, 3.8) is 0 Å². The summed E-state index contributed by atoms with van der Waals surface area (Å²) in [5.41, 5.74) is 2.96. The number of halogens is 1. The van der Waals surface area contributed by atoms with Gasteiger partial charge in [-0.25, -0.2) is 0 Å². The van der Waals surface area contributed by atoms with Crippen molar-refractivity contribution in [2.24, 2.45) is 0 Å². The van der Waals surface area contributed by atoms with Gasteiger partial charge in [-0.1, -0.05) is 0 Å². The second-order valence-electron chi connectivity index (χ2n) is 3.47. The lowest BCUT2D eigenvalue weighted by Crippen LogP contribution is -2.23. The molecule has 0 aromatic heterocycles. The van der Waals surface area contributed by atoms with Crippen LogP contribution in [0.3, 0.4) is 0 Å². The van der Waals surface area contributed by atoms with E-state index in [1.807, 2.05) is 26.2 Å². The molecular weight excluding hydrogens is 242 g/mol. The molecular formula is C10H10BrN3. The first-order chi connectivity index (χ1) is 6.63. The molecule has 1 aliphatic rings. The zero-order valence-electron chi connectivity index (χ0n) is 8.08. The Kier molecular flexibility index (Phi) is 2.12. The molecule has 1 heterocycles. The SMILES string of the molecule is CN1CN(C)c2c(Br)cc(C#N)cc21. The molecule has 72 valence electrons. The average molecular weight is 252 g/mol. The van der Waals surface area contributed by atoms with Gasteiger partial charge in [0, 0.05) is 18.6 Å². The van der Waals surface area contributed by atoms with Crippen molar-refractivity contribution in [1.82, 2.24) is 0 Å². The van der Waals surface area contributed by atoms with E-state index < -0.39 is 0 Å². The van der Waals surface area contributed by atoms with Crippen LogP contribution in [0, 0.1) is 11.3 Å². The number of hydrogen-bond donors (Lipinski definition) is 0. The van der Waals surface area contributed by atoms with E-state index in [9.17, 15) is 0 Å². The molecule has 0 fully saturated rings. The predicted octanol–water partition coefficient (Wildman–Crippen LogP) is 2.16. The summed E-state index contributed by atoms with van der Waals surface area (Å²) in [5.74, 6) is 0. The number of nitriles is 1. The Morgan fingerprint density at radius 2 is 2.07 bits per heavy atom. The first kappa shape index (κ1) is 9.35.